The topological polar surface area (TPSA) is 75.8 Å². The SMILES string of the molecule is CCC(N)(CCCN(C)CC1CCCOC1)C(=O)O. The number of carboxylic acid groups (broad SMARTS) is 1. The van der Waals surface area contributed by atoms with Crippen LogP contribution in [0, 0.1) is 5.92 Å². The Labute approximate surface area is 116 Å². The minimum Gasteiger partial charge on any atom is -0.480 e. The molecule has 2 atom stereocenters. The molecule has 0 aromatic heterocycles. The third kappa shape index (κ3) is 5.47. The molecule has 112 valence electrons. The van der Waals surface area contributed by atoms with Crippen molar-refractivity contribution < 1.29 is 14.6 Å². The van der Waals surface area contributed by atoms with Gasteiger partial charge in [-0.25, -0.2) is 0 Å². The first-order chi connectivity index (χ1) is 8.98. The van der Waals surface area contributed by atoms with Gasteiger partial charge in [0, 0.05) is 13.2 Å². The Morgan fingerprint density at radius 2 is 2.32 bits per heavy atom. The molecule has 0 aromatic rings. The average molecular weight is 272 g/mol. The predicted octanol–water partition coefficient (Wildman–Crippen LogP) is 1.32. The van der Waals surface area contributed by atoms with E-state index >= 15 is 0 Å². The second-order valence-electron chi connectivity index (χ2n) is 5.76. The lowest BCUT2D eigenvalue weighted by atomic mass is 9.91. The van der Waals surface area contributed by atoms with Crippen molar-refractivity contribution in [2.45, 2.75) is 44.6 Å². The molecule has 1 aliphatic heterocycles. The van der Waals surface area contributed by atoms with E-state index in [1.165, 1.54) is 6.42 Å². The molecule has 0 bridgehead atoms. The zero-order valence-corrected chi connectivity index (χ0v) is 12.2. The zero-order chi connectivity index (χ0) is 14.3. The van der Waals surface area contributed by atoms with Gasteiger partial charge in [0.15, 0.2) is 0 Å². The van der Waals surface area contributed by atoms with E-state index in [1.54, 1.807) is 0 Å². The van der Waals surface area contributed by atoms with Gasteiger partial charge in [0.25, 0.3) is 0 Å². The lowest BCUT2D eigenvalue weighted by Crippen LogP contribution is -2.47. The number of carbonyl (C=O) groups is 1. The molecule has 1 heterocycles. The summed E-state index contributed by atoms with van der Waals surface area (Å²) >= 11 is 0. The maximum absolute atomic E-state index is 11.1. The van der Waals surface area contributed by atoms with Gasteiger partial charge in [-0.05, 0) is 51.6 Å². The Balaban J connectivity index is 2.22. The van der Waals surface area contributed by atoms with Gasteiger partial charge in [-0.15, -0.1) is 0 Å². The Morgan fingerprint density at radius 3 is 2.84 bits per heavy atom. The molecule has 1 saturated heterocycles. The van der Waals surface area contributed by atoms with E-state index in [-0.39, 0.29) is 0 Å². The van der Waals surface area contributed by atoms with Crippen LogP contribution in [0.15, 0.2) is 0 Å². The maximum atomic E-state index is 11.1. The van der Waals surface area contributed by atoms with Gasteiger partial charge in [0.2, 0.25) is 0 Å². The molecular weight excluding hydrogens is 244 g/mol. The normalized spacial score (nSPS) is 23.3. The van der Waals surface area contributed by atoms with Crippen LogP contribution < -0.4 is 5.73 Å². The van der Waals surface area contributed by atoms with Gasteiger partial charge >= 0.3 is 5.97 Å². The number of aliphatic carboxylic acids is 1. The number of hydrogen-bond donors (Lipinski definition) is 2. The van der Waals surface area contributed by atoms with Crippen molar-refractivity contribution in [1.29, 1.82) is 0 Å². The van der Waals surface area contributed by atoms with Crippen molar-refractivity contribution in [3.05, 3.63) is 0 Å². The molecule has 1 rings (SSSR count). The van der Waals surface area contributed by atoms with E-state index in [0.717, 1.165) is 39.1 Å². The molecule has 5 heteroatoms. The lowest BCUT2D eigenvalue weighted by molar-refractivity contribution is -0.143. The Morgan fingerprint density at radius 1 is 1.58 bits per heavy atom. The van der Waals surface area contributed by atoms with Crippen LogP contribution in [0.1, 0.15) is 39.0 Å². The van der Waals surface area contributed by atoms with Crippen LogP contribution in [-0.2, 0) is 9.53 Å². The molecule has 0 amide bonds. The number of rotatable bonds is 8. The van der Waals surface area contributed by atoms with Gasteiger partial charge in [-0.1, -0.05) is 6.92 Å². The van der Waals surface area contributed by atoms with Crippen LogP contribution in [0.5, 0.6) is 0 Å². The number of ether oxygens (including phenoxy) is 1. The van der Waals surface area contributed by atoms with E-state index in [4.69, 9.17) is 15.6 Å². The summed E-state index contributed by atoms with van der Waals surface area (Å²) in [6.45, 7) is 5.50. The Hall–Kier alpha value is -0.650. The van der Waals surface area contributed by atoms with Crippen molar-refractivity contribution in [2.75, 3.05) is 33.4 Å². The third-order valence-corrected chi connectivity index (χ3v) is 4.04. The van der Waals surface area contributed by atoms with Crippen LogP contribution >= 0.6 is 0 Å². The summed E-state index contributed by atoms with van der Waals surface area (Å²) in [6.07, 6.45) is 4.21. The highest BCUT2D eigenvalue weighted by atomic mass is 16.5. The van der Waals surface area contributed by atoms with Gasteiger partial charge in [0.05, 0.1) is 6.61 Å². The highest BCUT2D eigenvalue weighted by molar-refractivity contribution is 5.78. The molecule has 5 nitrogen and oxygen atoms in total. The fraction of sp³-hybridized carbons (Fsp3) is 0.929. The fourth-order valence-electron chi connectivity index (χ4n) is 2.58. The average Bonchev–Trinajstić information content (AvgIpc) is 2.39. The van der Waals surface area contributed by atoms with E-state index in [0.29, 0.717) is 18.8 Å². The molecule has 3 N–H and O–H groups in total. The van der Waals surface area contributed by atoms with E-state index < -0.39 is 11.5 Å². The minimum atomic E-state index is -1.06. The van der Waals surface area contributed by atoms with Crippen LogP contribution in [0.3, 0.4) is 0 Å². The molecule has 1 fully saturated rings. The first-order valence-electron chi connectivity index (χ1n) is 7.26. The van der Waals surface area contributed by atoms with Crippen LogP contribution in [0.4, 0.5) is 0 Å². The molecule has 0 aliphatic carbocycles. The monoisotopic (exact) mass is 272 g/mol. The van der Waals surface area contributed by atoms with Crippen molar-refractivity contribution in [1.82, 2.24) is 4.90 Å². The zero-order valence-electron chi connectivity index (χ0n) is 12.2. The standard InChI is InChI=1S/C14H28N2O3/c1-3-14(15,13(17)18)7-5-8-16(2)10-12-6-4-9-19-11-12/h12H,3-11,15H2,1-2H3,(H,17,18). The van der Waals surface area contributed by atoms with Gasteiger partial charge in [-0.3, -0.25) is 4.79 Å². The summed E-state index contributed by atoms with van der Waals surface area (Å²) in [7, 11) is 2.08. The number of carboxylic acids is 1. The quantitative estimate of drug-likeness (QED) is 0.697. The molecule has 0 spiro atoms. The van der Waals surface area contributed by atoms with E-state index in [2.05, 4.69) is 11.9 Å². The number of nitrogens with two attached hydrogens (primary N) is 1. The third-order valence-electron chi connectivity index (χ3n) is 4.04. The summed E-state index contributed by atoms with van der Waals surface area (Å²) in [6, 6.07) is 0. The molecule has 0 radical (unpaired) electrons. The number of hydrogen-bond acceptors (Lipinski definition) is 4. The van der Waals surface area contributed by atoms with Crippen molar-refractivity contribution in [2.24, 2.45) is 11.7 Å². The highest BCUT2D eigenvalue weighted by Gasteiger charge is 2.31. The predicted molar refractivity (Wildman–Crippen MR) is 75.1 cm³/mol. The van der Waals surface area contributed by atoms with Gasteiger partial charge in [-0.2, -0.15) is 0 Å². The Kier molecular flexibility index (Phi) is 6.75. The van der Waals surface area contributed by atoms with Crippen molar-refractivity contribution in [3.8, 4) is 0 Å². The van der Waals surface area contributed by atoms with Crippen LogP contribution in [0.2, 0.25) is 0 Å². The molecule has 2 unspecified atom stereocenters. The number of nitrogens with zero attached hydrogens (tertiary/aromatic N) is 1. The van der Waals surface area contributed by atoms with E-state index in [9.17, 15) is 4.79 Å². The van der Waals surface area contributed by atoms with Crippen molar-refractivity contribution >= 4 is 5.97 Å². The van der Waals surface area contributed by atoms with E-state index in [1.807, 2.05) is 6.92 Å². The molecule has 0 saturated carbocycles. The summed E-state index contributed by atoms with van der Waals surface area (Å²) in [5, 5.41) is 9.10. The van der Waals surface area contributed by atoms with Gasteiger partial charge in [0.1, 0.15) is 5.54 Å². The molecule has 19 heavy (non-hydrogen) atoms. The Bertz CT molecular complexity index is 280. The summed E-state index contributed by atoms with van der Waals surface area (Å²) in [5.41, 5.74) is 4.81. The summed E-state index contributed by atoms with van der Waals surface area (Å²) in [4.78, 5) is 13.4. The van der Waals surface area contributed by atoms with Crippen molar-refractivity contribution in [3.63, 3.8) is 0 Å². The molecule has 0 aromatic carbocycles. The van der Waals surface area contributed by atoms with Crippen LogP contribution in [0.25, 0.3) is 0 Å². The minimum absolute atomic E-state index is 0.475. The highest BCUT2D eigenvalue weighted by Crippen LogP contribution is 2.17. The lowest BCUT2D eigenvalue weighted by Gasteiger charge is -2.28. The molecular formula is C14H28N2O3. The molecule has 1 aliphatic rings. The van der Waals surface area contributed by atoms with Crippen LogP contribution in [-0.4, -0.2) is 54.9 Å². The fourth-order valence-corrected chi connectivity index (χ4v) is 2.58. The summed E-state index contributed by atoms with van der Waals surface area (Å²) < 4.78 is 5.47. The summed E-state index contributed by atoms with van der Waals surface area (Å²) in [5.74, 6) is -0.273. The smallest absolute Gasteiger partial charge is 0.323 e. The second kappa shape index (κ2) is 7.82. The first kappa shape index (κ1) is 16.4. The first-order valence-corrected chi connectivity index (χ1v) is 7.26. The largest absolute Gasteiger partial charge is 0.480 e. The maximum Gasteiger partial charge on any atom is 0.323 e. The second-order valence-corrected chi connectivity index (χ2v) is 5.76. The van der Waals surface area contributed by atoms with Gasteiger partial charge < -0.3 is 20.5 Å².